The molecule has 148 valence electrons. The van der Waals surface area contributed by atoms with Crippen LogP contribution in [0.4, 0.5) is 0 Å². The highest BCUT2D eigenvalue weighted by atomic mass is 16.3. The van der Waals surface area contributed by atoms with Gasteiger partial charge in [-0.3, -0.25) is 9.69 Å². The topological polar surface area (TPSA) is 74.0 Å². The van der Waals surface area contributed by atoms with E-state index in [0.717, 1.165) is 64.0 Å². The van der Waals surface area contributed by atoms with Crippen molar-refractivity contribution in [1.29, 1.82) is 0 Å². The summed E-state index contributed by atoms with van der Waals surface area (Å²) in [5, 5.41) is 13.4. The van der Waals surface area contributed by atoms with Crippen LogP contribution in [0, 0.1) is 5.92 Å². The maximum absolute atomic E-state index is 13.0. The molecule has 3 heterocycles. The molecule has 2 aromatic rings. The molecule has 1 fully saturated rings. The molecule has 1 N–H and O–H groups in total. The summed E-state index contributed by atoms with van der Waals surface area (Å²) in [7, 11) is 0. The van der Waals surface area contributed by atoms with Crippen molar-refractivity contribution in [2.24, 2.45) is 5.92 Å². The van der Waals surface area contributed by atoms with Crippen LogP contribution in [0.15, 0.2) is 18.6 Å². The number of nitrogens with zero attached hydrogens (tertiary/aromatic N) is 5. The summed E-state index contributed by atoms with van der Waals surface area (Å²) in [5.41, 5.74) is 2.29. The van der Waals surface area contributed by atoms with Crippen LogP contribution in [0.25, 0.3) is 5.65 Å². The first-order valence-electron chi connectivity index (χ1n) is 10.1. The van der Waals surface area contributed by atoms with Gasteiger partial charge in [0.2, 0.25) is 0 Å². The van der Waals surface area contributed by atoms with E-state index in [2.05, 4.69) is 28.8 Å². The highest BCUT2D eigenvalue weighted by Gasteiger charge is 2.26. The zero-order chi connectivity index (χ0) is 19.2. The predicted molar refractivity (Wildman–Crippen MR) is 105 cm³/mol. The van der Waals surface area contributed by atoms with Gasteiger partial charge in [0.25, 0.3) is 5.91 Å². The number of carbonyl (C=O) groups excluding carboxylic acids is 1. The minimum Gasteiger partial charge on any atom is -0.396 e. The number of hydrogen-bond donors (Lipinski definition) is 1. The average Bonchev–Trinajstić information content (AvgIpc) is 3.13. The molecule has 0 saturated carbocycles. The Hall–Kier alpha value is -1.99. The molecule has 0 aliphatic carbocycles. The summed E-state index contributed by atoms with van der Waals surface area (Å²) in [6.07, 6.45) is 9.39. The van der Waals surface area contributed by atoms with E-state index in [-0.39, 0.29) is 12.5 Å². The largest absolute Gasteiger partial charge is 0.396 e. The average molecular weight is 374 g/mol. The Morgan fingerprint density at radius 3 is 2.89 bits per heavy atom. The molecule has 1 atom stereocenters. The smallest absolute Gasteiger partial charge is 0.259 e. The lowest BCUT2D eigenvalue weighted by molar-refractivity contribution is 0.0665. The van der Waals surface area contributed by atoms with Crippen LogP contribution < -0.4 is 0 Å². The van der Waals surface area contributed by atoms with Gasteiger partial charge in [-0.2, -0.15) is 5.10 Å². The summed E-state index contributed by atoms with van der Waals surface area (Å²) < 4.78 is 1.72. The zero-order valence-corrected chi connectivity index (χ0v) is 16.5. The van der Waals surface area contributed by atoms with E-state index in [1.54, 1.807) is 10.7 Å². The first kappa shape index (κ1) is 19.8. The molecule has 2 aromatic heterocycles. The first-order chi connectivity index (χ1) is 13.2. The Bertz CT molecular complexity index is 756. The Balaban J connectivity index is 1.73. The van der Waals surface area contributed by atoms with E-state index in [0.29, 0.717) is 17.1 Å². The van der Waals surface area contributed by atoms with Crippen molar-refractivity contribution in [2.45, 2.75) is 46.1 Å². The second-order valence-electron chi connectivity index (χ2n) is 7.38. The molecular weight excluding hydrogens is 342 g/mol. The number of amides is 1. The van der Waals surface area contributed by atoms with E-state index < -0.39 is 0 Å². The molecule has 1 aliphatic rings. The summed E-state index contributed by atoms with van der Waals surface area (Å²) in [6.45, 7) is 8.87. The van der Waals surface area contributed by atoms with E-state index >= 15 is 0 Å². The van der Waals surface area contributed by atoms with Gasteiger partial charge in [-0.15, -0.1) is 0 Å². The van der Waals surface area contributed by atoms with Crippen LogP contribution >= 0.6 is 0 Å². The Labute approximate surface area is 161 Å². The number of rotatable bonds is 8. The van der Waals surface area contributed by atoms with Crippen LogP contribution in [0.1, 0.15) is 55.5 Å². The molecule has 7 heteroatoms. The van der Waals surface area contributed by atoms with Crippen LogP contribution in [-0.2, 0) is 6.54 Å². The van der Waals surface area contributed by atoms with Crippen molar-refractivity contribution in [3.8, 4) is 0 Å². The Morgan fingerprint density at radius 2 is 2.15 bits per heavy atom. The summed E-state index contributed by atoms with van der Waals surface area (Å²) >= 11 is 0. The first-order valence-corrected chi connectivity index (χ1v) is 10.1. The lowest BCUT2D eigenvalue weighted by Gasteiger charge is -2.32. The number of carbonyl (C=O) groups is 1. The molecule has 1 aliphatic heterocycles. The van der Waals surface area contributed by atoms with Crippen molar-refractivity contribution >= 4 is 11.6 Å². The number of hydrogen-bond acceptors (Lipinski definition) is 5. The third-order valence-corrected chi connectivity index (χ3v) is 5.52. The molecule has 7 nitrogen and oxygen atoms in total. The molecule has 0 spiro atoms. The molecular formula is C20H31N5O2. The van der Waals surface area contributed by atoms with Crippen molar-refractivity contribution in [2.75, 3.05) is 32.8 Å². The van der Waals surface area contributed by atoms with Gasteiger partial charge in [0, 0.05) is 44.2 Å². The lowest BCUT2D eigenvalue weighted by atomic mass is 9.93. The molecule has 3 rings (SSSR count). The van der Waals surface area contributed by atoms with Crippen molar-refractivity contribution in [3.63, 3.8) is 0 Å². The molecule has 0 unspecified atom stereocenters. The number of aliphatic hydroxyl groups is 1. The summed E-state index contributed by atoms with van der Waals surface area (Å²) in [6, 6.07) is 0. The lowest BCUT2D eigenvalue weighted by Crippen LogP contribution is -2.40. The Kier molecular flexibility index (Phi) is 6.79. The van der Waals surface area contributed by atoms with Crippen LogP contribution in [0.5, 0.6) is 0 Å². The minimum atomic E-state index is 0.0164. The highest BCUT2D eigenvalue weighted by Crippen LogP contribution is 2.23. The van der Waals surface area contributed by atoms with Gasteiger partial charge in [-0.05, 0) is 44.7 Å². The number of piperidine rings is 1. The number of fused-ring (bicyclic) bond motifs is 1. The third kappa shape index (κ3) is 4.65. The molecule has 0 aromatic carbocycles. The number of aliphatic hydroxyl groups excluding tert-OH is 1. The van der Waals surface area contributed by atoms with Gasteiger partial charge in [0.15, 0.2) is 5.65 Å². The SMILES string of the molecule is CCN(CC)Cc1cnc2c(C(=O)N3CCC[C@@H](CCCO)C3)cnn2c1. The van der Waals surface area contributed by atoms with Gasteiger partial charge in [0.1, 0.15) is 5.56 Å². The fourth-order valence-electron chi connectivity index (χ4n) is 3.89. The second kappa shape index (κ2) is 9.28. The number of aromatic nitrogens is 3. The van der Waals surface area contributed by atoms with Crippen molar-refractivity contribution in [3.05, 3.63) is 29.7 Å². The molecule has 1 amide bonds. The van der Waals surface area contributed by atoms with Gasteiger partial charge >= 0.3 is 0 Å². The fraction of sp³-hybridized carbons (Fsp3) is 0.650. The molecule has 0 radical (unpaired) electrons. The van der Waals surface area contributed by atoms with E-state index in [1.807, 2.05) is 17.3 Å². The molecule has 1 saturated heterocycles. The Morgan fingerprint density at radius 1 is 1.33 bits per heavy atom. The van der Waals surface area contributed by atoms with Crippen LogP contribution in [-0.4, -0.2) is 68.2 Å². The van der Waals surface area contributed by atoms with Gasteiger partial charge in [-0.25, -0.2) is 9.50 Å². The summed E-state index contributed by atoms with van der Waals surface area (Å²) in [5.74, 6) is 0.494. The van der Waals surface area contributed by atoms with Gasteiger partial charge in [0.05, 0.1) is 6.20 Å². The minimum absolute atomic E-state index is 0.0164. The van der Waals surface area contributed by atoms with Crippen LogP contribution in [0.3, 0.4) is 0 Å². The van der Waals surface area contributed by atoms with E-state index in [4.69, 9.17) is 5.11 Å². The van der Waals surface area contributed by atoms with E-state index in [9.17, 15) is 4.79 Å². The van der Waals surface area contributed by atoms with Crippen molar-refractivity contribution in [1.82, 2.24) is 24.4 Å². The zero-order valence-electron chi connectivity index (χ0n) is 16.5. The highest BCUT2D eigenvalue weighted by molar-refractivity contribution is 5.99. The summed E-state index contributed by atoms with van der Waals surface area (Å²) in [4.78, 5) is 21.8. The van der Waals surface area contributed by atoms with Crippen LogP contribution in [0.2, 0.25) is 0 Å². The van der Waals surface area contributed by atoms with E-state index in [1.165, 1.54) is 0 Å². The normalized spacial score (nSPS) is 17.8. The number of likely N-dealkylation sites (tertiary alicyclic amines) is 1. The maximum Gasteiger partial charge on any atom is 0.259 e. The molecule has 27 heavy (non-hydrogen) atoms. The molecule has 0 bridgehead atoms. The van der Waals surface area contributed by atoms with Gasteiger partial charge in [-0.1, -0.05) is 13.8 Å². The monoisotopic (exact) mass is 373 g/mol. The second-order valence-corrected chi connectivity index (χ2v) is 7.38. The van der Waals surface area contributed by atoms with Gasteiger partial charge < -0.3 is 10.0 Å². The predicted octanol–water partition coefficient (Wildman–Crippen LogP) is 2.20. The third-order valence-electron chi connectivity index (χ3n) is 5.52. The fourth-order valence-corrected chi connectivity index (χ4v) is 3.89. The quantitative estimate of drug-likeness (QED) is 0.768. The standard InChI is InChI=1S/C20H31N5O2/c1-3-23(4-2)13-17-11-21-19-18(12-22-25(19)15-17)20(27)24-9-5-7-16(14-24)8-6-10-26/h11-12,15-16,26H,3-10,13-14H2,1-2H3/t16-/m0/s1. The van der Waals surface area contributed by atoms with Crippen molar-refractivity contribution < 1.29 is 9.90 Å². The maximum atomic E-state index is 13.0.